The van der Waals surface area contributed by atoms with E-state index in [1.54, 1.807) is 31.2 Å². The van der Waals surface area contributed by atoms with E-state index < -0.39 is 11.7 Å². The minimum absolute atomic E-state index is 0.162. The fourth-order valence-electron chi connectivity index (χ4n) is 3.72. The van der Waals surface area contributed by atoms with Gasteiger partial charge in [0.25, 0.3) is 5.91 Å². The number of fused-ring (bicyclic) bond motifs is 3. The molecule has 7 nitrogen and oxygen atoms in total. The molecule has 2 aromatic rings. The molecule has 160 valence electrons. The van der Waals surface area contributed by atoms with Crippen molar-refractivity contribution in [2.75, 3.05) is 22.5 Å². The number of halogens is 2. The molecular formula is C21H24Cl2N4O3. The Kier molecular flexibility index (Phi) is 5.38. The number of rotatable bonds is 5. The number of nitrogens with one attached hydrogen (secondary N) is 4. The molecule has 0 radical (unpaired) electrons. The first-order valence-corrected chi connectivity index (χ1v) is 10.5. The molecule has 0 spiro atoms. The number of hydrogen-bond donors (Lipinski definition) is 5. The third-order valence-electron chi connectivity index (χ3n) is 5.00. The largest absolute Gasteiger partial charge is 0.486 e. The van der Waals surface area contributed by atoms with E-state index in [4.69, 9.17) is 27.9 Å². The smallest absolute Gasteiger partial charge is 0.255 e. The predicted octanol–water partition coefficient (Wildman–Crippen LogP) is 4.05. The van der Waals surface area contributed by atoms with Gasteiger partial charge in [0.1, 0.15) is 11.4 Å². The normalized spacial score (nSPS) is 19.1. The van der Waals surface area contributed by atoms with E-state index >= 15 is 0 Å². The number of carbonyl (C=O) groups is 1. The molecule has 2 aromatic carbocycles. The van der Waals surface area contributed by atoms with Gasteiger partial charge >= 0.3 is 0 Å². The van der Waals surface area contributed by atoms with Gasteiger partial charge in [0.05, 0.1) is 38.8 Å². The number of amides is 1. The highest BCUT2D eigenvalue weighted by Crippen LogP contribution is 2.48. The van der Waals surface area contributed by atoms with Crippen molar-refractivity contribution in [2.45, 2.75) is 45.2 Å². The number of carbonyl (C=O) groups excluding carboxylic acids is 1. The summed E-state index contributed by atoms with van der Waals surface area (Å²) in [5.41, 5.74) is 3.20. The highest BCUT2D eigenvalue weighted by atomic mass is 35.5. The summed E-state index contributed by atoms with van der Waals surface area (Å²) in [6, 6.07) is 7.06. The SMILES string of the molecule is CC(O)CNC(=O)c1cc2c(c3c1OC(C)(C)C3)NC(Nc1c(Cl)cccc1Cl)N2. The van der Waals surface area contributed by atoms with Gasteiger partial charge in [-0.05, 0) is 39.0 Å². The molecule has 0 bridgehead atoms. The standard InChI is InChI=1S/C21H24Cl2N4O3/c1-10(28)9-24-19(29)11-7-15-16(12-8-21(2,3)30-18(11)12)26-20(25-15)27-17-13(22)5-4-6-14(17)23/h4-7,10,20,25-28H,8-9H2,1-3H3,(H,24,29). The maximum absolute atomic E-state index is 12.8. The number of hydrogen-bond acceptors (Lipinski definition) is 6. The maximum Gasteiger partial charge on any atom is 0.255 e. The number of para-hydroxylation sites is 1. The van der Waals surface area contributed by atoms with Gasteiger partial charge in [-0.3, -0.25) is 4.79 Å². The lowest BCUT2D eigenvalue weighted by molar-refractivity contribution is 0.0910. The quantitative estimate of drug-likeness (QED) is 0.471. The molecule has 9 heteroatoms. The van der Waals surface area contributed by atoms with Crippen molar-refractivity contribution in [1.82, 2.24) is 5.32 Å². The van der Waals surface area contributed by atoms with Crippen LogP contribution < -0.4 is 26.0 Å². The van der Waals surface area contributed by atoms with Gasteiger partial charge in [0, 0.05) is 18.5 Å². The molecule has 2 heterocycles. The van der Waals surface area contributed by atoms with Gasteiger partial charge in [-0.25, -0.2) is 0 Å². The van der Waals surface area contributed by atoms with Gasteiger partial charge < -0.3 is 31.1 Å². The first-order chi connectivity index (χ1) is 14.1. The molecule has 0 aliphatic carbocycles. The Morgan fingerprint density at radius 2 is 2.03 bits per heavy atom. The van der Waals surface area contributed by atoms with E-state index in [0.717, 1.165) is 16.9 Å². The highest BCUT2D eigenvalue weighted by Gasteiger charge is 2.39. The molecule has 2 unspecified atom stereocenters. The second kappa shape index (κ2) is 7.72. The summed E-state index contributed by atoms with van der Waals surface area (Å²) in [5, 5.41) is 23.3. The van der Waals surface area contributed by atoms with Gasteiger partial charge in [0.15, 0.2) is 6.29 Å². The average molecular weight is 451 g/mol. The molecule has 0 saturated carbocycles. The predicted molar refractivity (Wildman–Crippen MR) is 120 cm³/mol. The van der Waals surface area contributed by atoms with E-state index in [9.17, 15) is 9.90 Å². The van der Waals surface area contributed by atoms with Gasteiger partial charge in [-0.15, -0.1) is 0 Å². The topological polar surface area (TPSA) is 94.7 Å². The molecule has 4 rings (SSSR count). The van der Waals surface area contributed by atoms with Crippen molar-refractivity contribution in [2.24, 2.45) is 0 Å². The van der Waals surface area contributed by atoms with Gasteiger partial charge in [-0.1, -0.05) is 29.3 Å². The Hall–Kier alpha value is -2.35. The van der Waals surface area contributed by atoms with Crippen LogP contribution in [0.2, 0.25) is 10.0 Å². The van der Waals surface area contributed by atoms with E-state index in [0.29, 0.717) is 33.5 Å². The summed E-state index contributed by atoms with van der Waals surface area (Å²) in [6.07, 6.45) is -0.361. The molecule has 0 saturated heterocycles. The first-order valence-electron chi connectivity index (χ1n) is 9.73. The van der Waals surface area contributed by atoms with E-state index in [-0.39, 0.29) is 18.7 Å². The molecule has 2 atom stereocenters. The summed E-state index contributed by atoms with van der Waals surface area (Å²) in [5.74, 6) is 0.271. The average Bonchev–Trinajstić information content (AvgIpc) is 3.21. The number of ether oxygens (including phenoxy) is 1. The van der Waals surface area contributed by atoms with Crippen molar-refractivity contribution in [3.63, 3.8) is 0 Å². The highest BCUT2D eigenvalue weighted by molar-refractivity contribution is 6.39. The molecule has 0 fully saturated rings. The van der Waals surface area contributed by atoms with Crippen molar-refractivity contribution in [3.05, 3.63) is 45.4 Å². The third-order valence-corrected chi connectivity index (χ3v) is 5.63. The summed E-state index contributed by atoms with van der Waals surface area (Å²) >= 11 is 12.6. The van der Waals surface area contributed by atoms with Crippen molar-refractivity contribution >= 4 is 46.2 Å². The van der Waals surface area contributed by atoms with Crippen molar-refractivity contribution < 1.29 is 14.6 Å². The lowest BCUT2D eigenvalue weighted by atomic mass is 9.97. The minimum atomic E-state index is -0.637. The lowest BCUT2D eigenvalue weighted by Gasteiger charge is -2.19. The van der Waals surface area contributed by atoms with Crippen LogP contribution in [0, 0.1) is 0 Å². The van der Waals surface area contributed by atoms with E-state index in [1.165, 1.54) is 0 Å². The lowest BCUT2D eigenvalue weighted by Crippen LogP contribution is -2.32. The fraction of sp³-hybridized carbons (Fsp3) is 0.381. The summed E-state index contributed by atoms with van der Waals surface area (Å²) in [7, 11) is 0. The second-order valence-corrected chi connectivity index (χ2v) is 9.03. The third kappa shape index (κ3) is 3.97. The van der Waals surface area contributed by atoms with Crippen LogP contribution in [0.5, 0.6) is 5.75 Å². The number of aliphatic hydroxyl groups is 1. The summed E-state index contributed by atoms with van der Waals surface area (Å²) < 4.78 is 6.12. The first kappa shape index (κ1) is 20.9. The molecular weight excluding hydrogens is 427 g/mol. The van der Waals surface area contributed by atoms with Crippen LogP contribution in [0.1, 0.15) is 36.7 Å². The van der Waals surface area contributed by atoms with Crippen LogP contribution in [0.25, 0.3) is 0 Å². The zero-order valence-electron chi connectivity index (χ0n) is 16.9. The van der Waals surface area contributed by atoms with Crippen LogP contribution in [0.3, 0.4) is 0 Å². The molecule has 5 N–H and O–H groups in total. The van der Waals surface area contributed by atoms with Crippen molar-refractivity contribution in [1.29, 1.82) is 0 Å². The number of benzene rings is 2. The van der Waals surface area contributed by atoms with Gasteiger partial charge in [-0.2, -0.15) is 0 Å². The molecule has 1 amide bonds. The Morgan fingerprint density at radius 1 is 1.33 bits per heavy atom. The Bertz CT molecular complexity index is 990. The number of aliphatic hydroxyl groups excluding tert-OH is 1. The Labute approximate surface area is 185 Å². The van der Waals surface area contributed by atoms with Crippen LogP contribution in [-0.4, -0.2) is 35.6 Å². The van der Waals surface area contributed by atoms with Crippen LogP contribution >= 0.6 is 23.2 Å². The summed E-state index contributed by atoms with van der Waals surface area (Å²) in [6.45, 7) is 5.75. The summed E-state index contributed by atoms with van der Waals surface area (Å²) in [4.78, 5) is 12.8. The Balaban J connectivity index is 1.65. The molecule has 30 heavy (non-hydrogen) atoms. The second-order valence-electron chi connectivity index (χ2n) is 8.21. The monoisotopic (exact) mass is 450 g/mol. The molecule has 0 aromatic heterocycles. The number of anilines is 3. The van der Waals surface area contributed by atoms with Crippen LogP contribution in [0.15, 0.2) is 24.3 Å². The fourth-order valence-corrected chi connectivity index (χ4v) is 4.22. The zero-order valence-corrected chi connectivity index (χ0v) is 18.4. The molecule has 2 aliphatic rings. The van der Waals surface area contributed by atoms with Crippen LogP contribution in [0.4, 0.5) is 17.1 Å². The van der Waals surface area contributed by atoms with E-state index in [2.05, 4.69) is 21.3 Å². The molecule has 2 aliphatic heterocycles. The Morgan fingerprint density at radius 3 is 2.70 bits per heavy atom. The van der Waals surface area contributed by atoms with Gasteiger partial charge in [0.2, 0.25) is 0 Å². The van der Waals surface area contributed by atoms with E-state index in [1.807, 2.05) is 13.8 Å². The van der Waals surface area contributed by atoms with Crippen LogP contribution in [-0.2, 0) is 6.42 Å². The zero-order chi connectivity index (χ0) is 21.6. The maximum atomic E-state index is 12.8. The minimum Gasteiger partial charge on any atom is -0.486 e. The van der Waals surface area contributed by atoms with Crippen molar-refractivity contribution in [3.8, 4) is 5.75 Å².